The number of nitrogens with zero attached hydrogens (tertiary/aromatic N) is 3. The van der Waals surface area contributed by atoms with Crippen LogP contribution in [0.2, 0.25) is 5.02 Å². The summed E-state index contributed by atoms with van der Waals surface area (Å²) in [5, 5.41) is 12.8. The van der Waals surface area contributed by atoms with Crippen molar-refractivity contribution in [2.75, 3.05) is 17.3 Å². The van der Waals surface area contributed by atoms with Crippen LogP contribution in [-0.4, -0.2) is 52.4 Å². The van der Waals surface area contributed by atoms with Crippen LogP contribution in [0.3, 0.4) is 0 Å². The quantitative estimate of drug-likeness (QED) is 0.421. The molecule has 1 atom stereocenters. The summed E-state index contributed by atoms with van der Waals surface area (Å²) in [6.45, 7) is 2.95. The molecule has 2 heterocycles. The molecule has 1 aliphatic rings. The third-order valence-electron chi connectivity index (χ3n) is 4.98. The number of benzene rings is 1. The Labute approximate surface area is 186 Å². The standard InChI is InChI=1S/C20H27ClN4O3S2/c1-2-3-4-5-11-25-19(15-6-8-16(21)9-7-15)23-24-20(25)29-13-18(26)22-17-10-12-30(27,28)14-17/h6-9,17H,2-5,10-14H2,1H3,(H,22,26). The maximum absolute atomic E-state index is 12.3. The first kappa shape index (κ1) is 23.1. The van der Waals surface area contributed by atoms with Gasteiger partial charge in [-0.25, -0.2) is 8.42 Å². The van der Waals surface area contributed by atoms with E-state index in [9.17, 15) is 13.2 Å². The first-order valence-corrected chi connectivity index (χ1v) is 13.4. The molecule has 164 valence electrons. The number of carbonyl (C=O) groups excluding carboxylic acids is 1. The van der Waals surface area contributed by atoms with Crippen LogP contribution in [0, 0.1) is 0 Å². The number of thioether (sulfide) groups is 1. The van der Waals surface area contributed by atoms with E-state index in [0.717, 1.165) is 37.2 Å². The Kier molecular flexibility index (Phi) is 8.19. The van der Waals surface area contributed by atoms with Gasteiger partial charge in [-0.05, 0) is 37.1 Å². The van der Waals surface area contributed by atoms with Gasteiger partial charge in [0.15, 0.2) is 20.8 Å². The van der Waals surface area contributed by atoms with E-state index in [2.05, 4.69) is 27.0 Å². The Hall–Kier alpha value is -1.58. The molecule has 1 saturated heterocycles. The fourth-order valence-electron chi connectivity index (χ4n) is 3.41. The molecular weight excluding hydrogens is 444 g/mol. The summed E-state index contributed by atoms with van der Waals surface area (Å²) in [5.41, 5.74) is 0.926. The van der Waals surface area contributed by atoms with E-state index in [1.165, 1.54) is 18.2 Å². The van der Waals surface area contributed by atoms with E-state index < -0.39 is 9.84 Å². The van der Waals surface area contributed by atoms with E-state index in [-0.39, 0.29) is 29.2 Å². The average Bonchev–Trinajstić information content (AvgIpc) is 3.26. The third-order valence-corrected chi connectivity index (χ3v) is 7.97. The molecule has 0 spiro atoms. The molecule has 0 aliphatic carbocycles. The molecule has 0 saturated carbocycles. The van der Waals surface area contributed by atoms with Crippen molar-refractivity contribution >= 4 is 39.1 Å². The number of aromatic nitrogens is 3. The summed E-state index contributed by atoms with van der Waals surface area (Å²) in [6.07, 6.45) is 4.94. The summed E-state index contributed by atoms with van der Waals surface area (Å²) < 4.78 is 25.2. The zero-order valence-electron chi connectivity index (χ0n) is 17.0. The Morgan fingerprint density at radius 1 is 1.23 bits per heavy atom. The average molecular weight is 471 g/mol. The van der Waals surface area contributed by atoms with Crippen LogP contribution in [0.5, 0.6) is 0 Å². The largest absolute Gasteiger partial charge is 0.352 e. The van der Waals surface area contributed by atoms with Crippen molar-refractivity contribution in [3.8, 4) is 11.4 Å². The molecule has 3 rings (SSSR count). The van der Waals surface area contributed by atoms with Crippen LogP contribution in [0.4, 0.5) is 0 Å². The van der Waals surface area contributed by atoms with E-state index in [1.54, 1.807) is 0 Å². The summed E-state index contributed by atoms with van der Waals surface area (Å²) in [4.78, 5) is 12.3. The highest BCUT2D eigenvalue weighted by atomic mass is 35.5. The summed E-state index contributed by atoms with van der Waals surface area (Å²) >= 11 is 7.33. The maximum atomic E-state index is 12.3. The molecule has 1 N–H and O–H groups in total. The lowest BCUT2D eigenvalue weighted by molar-refractivity contribution is -0.119. The summed E-state index contributed by atoms with van der Waals surface area (Å²) in [5.74, 6) is 0.910. The smallest absolute Gasteiger partial charge is 0.230 e. The predicted molar refractivity (Wildman–Crippen MR) is 121 cm³/mol. The number of carbonyl (C=O) groups is 1. The van der Waals surface area contributed by atoms with Crippen molar-refractivity contribution < 1.29 is 13.2 Å². The molecule has 1 aromatic heterocycles. The van der Waals surface area contributed by atoms with Gasteiger partial charge in [0.1, 0.15) is 0 Å². The monoisotopic (exact) mass is 470 g/mol. The normalized spacial score (nSPS) is 17.9. The first-order chi connectivity index (χ1) is 14.4. The number of halogens is 1. The van der Waals surface area contributed by atoms with Crippen molar-refractivity contribution in [3.05, 3.63) is 29.3 Å². The molecule has 1 aliphatic heterocycles. The van der Waals surface area contributed by atoms with E-state index in [1.807, 2.05) is 24.3 Å². The Bertz CT molecular complexity index is 961. The molecule has 2 aromatic rings. The van der Waals surface area contributed by atoms with Gasteiger partial charge in [-0.3, -0.25) is 4.79 Å². The Morgan fingerprint density at radius 3 is 2.67 bits per heavy atom. The van der Waals surface area contributed by atoms with Gasteiger partial charge in [0.25, 0.3) is 0 Å². The lowest BCUT2D eigenvalue weighted by Crippen LogP contribution is -2.36. The van der Waals surface area contributed by atoms with Gasteiger partial charge in [0, 0.05) is 23.2 Å². The SMILES string of the molecule is CCCCCCn1c(SCC(=O)NC2CCS(=O)(=O)C2)nnc1-c1ccc(Cl)cc1. The highest BCUT2D eigenvalue weighted by Crippen LogP contribution is 2.26. The van der Waals surface area contributed by atoms with Gasteiger partial charge in [-0.1, -0.05) is 49.5 Å². The highest BCUT2D eigenvalue weighted by molar-refractivity contribution is 7.99. The van der Waals surface area contributed by atoms with Crippen LogP contribution in [0.1, 0.15) is 39.0 Å². The Balaban J connectivity index is 1.66. The second kappa shape index (κ2) is 10.6. The van der Waals surface area contributed by atoms with Gasteiger partial charge in [0.2, 0.25) is 5.91 Å². The first-order valence-electron chi connectivity index (χ1n) is 10.2. The van der Waals surface area contributed by atoms with Crippen molar-refractivity contribution in [1.29, 1.82) is 0 Å². The summed E-state index contributed by atoms with van der Waals surface area (Å²) in [6, 6.07) is 7.18. The van der Waals surface area contributed by atoms with Crippen LogP contribution in [0.25, 0.3) is 11.4 Å². The van der Waals surface area contributed by atoms with E-state index in [0.29, 0.717) is 16.6 Å². The van der Waals surface area contributed by atoms with Gasteiger partial charge in [-0.15, -0.1) is 10.2 Å². The number of rotatable bonds is 10. The molecule has 30 heavy (non-hydrogen) atoms. The molecule has 0 radical (unpaired) electrons. The molecule has 7 nitrogen and oxygen atoms in total. The van der Waals surface area contributed by atoms with Gasteiger partial charge in [0.05, 0.1) is 17.3 Å². The second-order valence-electron chi connectivity index (χ2n) is 7.48. The molecule has 0 bridgehead atoms. The minimum absolute atomic E-state index is 0.0255. The molecule has 1 unspecified atom stereocenters. The van der Waals surface area contributed by atoms with Crippen LogP contribution >= 0.6 is 23.4 Å². The number of hydrogen-bond donors (Lipinski definition) is 1. The maximum Gasteiger partial charge on any atom is 0.230 e. The van der Waals surface area contributed by atoms with Crippen molar-refractivity contribution in [1.82, 2.24) is 20.1 Å². The van der Waals surface area contributed by atoms with Crippen molar-refractivity contribution in [2.45, 2.75) is 56.8 Å². The lowest BCUT2D eigenvalue weighted by atomic mass is 10.2. The molecule has 10 heteroatoms. The van der Waals surface area contributed by atoms with Crippen molar-refractivity contribution in [3.63, 3.8) is 0 Å². The molecule has 1 aromatic carbocycles. The number of unbranched alkanes of at least 4 members (excludes halogenated alkanes) is 3. The zero-order chi connectivity index (χ0) is 21.6. The fourth-order valence-corrected chi connectivity index (χ4v) is 5.99. The van der Waals surface area contributed by atoms with Crippen LogP contribution in [-0.2, 0) is 21.2 Å². The summed E-state index contributed by atoms with van der Waals surface area (Å²) in [7, 11) is -3.02. The predicted octanol–water partition coefficient (Wildman–Crippen LogP) is 3.57. The van der Waals surface area contributed by atoms with Crippen LogP contribution in [0.15, 0.2) is 29.4 Å². The van der Waals surface area contributed by atoms with E-state index in [4.69, 9.17) is 11.6 Å². The molecular formula is C20H27ClN4O3S2. The van der Waals surface area contributed by atoms with E-state index >= 15 is 0 Å². The van der Waals surface area contributed by atoms with Crippen LogP contribution < -0.4 is 5.32 Å². The van der Waals surface area contributed by atoms with Gasteiger partial charge < -0.3 is 9.88 Å². The minimum Gasteiger partial charge on any atom is -0.352 e. The Morgan fingerprint density at radius 2 is 2.00 bits per heavy atom. The fraction of sp³-hybridized carbons (Fsp3) is 0.550. The van der Waals surface area contributed by atoms with Gasteiger partial charge >= 0.3 is 0 Å². The third kappa shape index (κ3) is 6.46. The number of hydrogen-bond acceptors (Lipinski definition) is 6. The molecule has 1 fully saturated rings. The minimum atomic E-state index is -3.02. The topological polar surface area (TPSA) is 94.0 Å². The lowest BCUT2D eigenvalue weighted by Gasteiger charge is -2.12. The van der Waals surface area contributed by atoms with Crippen molar-refractivity contribution in [2.24, 2.45) is 0 Å². The number of amides is 1. The highest BCUT2D eigenvalue weighted by Gasteiger charge is 2.29. The second-order valence-corrected chi connectivity index (χ2v) is 11.1. The molecule has 1 amide bonds. The number of nitrogens with one attached hydrogen (secondary N) is 1. The number of sulfone groups is 1. The zero-order valence-corrected chi connectivity index (χ0v) is 19.4. The van der Waals surface area contributed by atoms with Gasteiger partial charge in [-0.2, -0.15) is 0 Å².